The van der Waals surface area contributed by atoms with Crippen LogP contribution in [0.2, 0.25) is 0 Å². The van der Waals surface area contributed by atoms with Crippen LogP contribution in [-0.4, -0.2) is 19.9 Å². The Morgan fingerprint density at radius 2 is 2.33 bits per heavy atom. The first-order chi connectivity index (χ1) is 4.25. The van der Waals surface area contributed by atoms with Crippen molar-refractivity contribution in [2.75, 3.05) is 0 Å². The predicted molar refractivity (Wildman–Crippen MR) is 33.9 cm³/mol. The van der Waals surface area contributed by atoms with E-state index in [1.54, 1.807) is 7.05 Å². The van der Waals surface area contributed by atoms with Crippen molar-refractivity contribution in [2.45, 2.75) is 5.16 Å². The summed E-state index contributed by atoms with van der Waals surface area (Å²) in [6.07, 6.45) is 3.51. The highest BCUT2D eigenvalue weighted by Crippen LogP contribution is 2.15. The van der Waals surface area contributed by atoms with Crippen molar-refractivity contribution in [1.82, 2.24) is 14.8 Å². The Morgan fingerprint density at radius 3 is 2.56 bits per heavy atom. The van der Waals surface area contributed by atoms with Crippen molar-refractivity contribution >= 4 is 11.8 Å². The van der Waals surface area contributed by atoms with Gasteiger partial charge >= 0.3 is 6.01 Å². The van der Waals surface area contributed by atoms with Crippen molar-refractivity contribution in [2.24, 2.45) is 7.05 Å². The Balaban J connectivity index is 3.04. The maximum absolute atomic E-state index is 8.82. The van der Waals surface area contributed by atoms with E-state index in [1.165, 1.54) is 16.3 Å². The molecule has 0 saturated heterocycles. The zero-order valence-corrected chi connectivity index (χ0v) is 5.72. The maximum atomic E-state index is 8.82. The Hall–Kier alpha value is -0.710. The van der Waals surface area contributed by atoms with E-state index in [2.05, 4.69) is 16.5 Å². The normalized spacial score (nSPS) is 10.0. The molecule has 49 valence electrons. The van der Waals surface area contributed by atoms with Gasteiger partial charge in [0.2, 0.25) is 0 Å². The molecule has 1 heterocycles. The first-order valence-electron chi connectivity index (χ1n) is 2.26. The number of hydrogen-bond donors (Lipinski definition) is 1. The molecule has 9 heavy (non-hydrogen) atoms. The summed E-state index contributed by atoms with van der Waals surface area (Å²) < 4.78 is 1.46. The number of thioether (sulfide) groups is 1. The summed E-state index contributed by atoms with van der Waals surface area (Å²) in [5.41, 5.74) is 0. The van der Waals surface area contributed by atoms with Crippen LogP contribution in [0.4, 0.5) is 0 Å². The predicted octanol–water partition coefficient (Wildman–Crippen LogP) is 0.404. The Bertz CT molecular complexity index is 210. The van der Waals surface area contributed by atoms with Gasteiger partial charge in [-0.05, 0) is 0 Å². The largest absolute Gasteiger partial charge is 0.479 e. The second kappa shape index (κ2) is 2.26. The molecule has 0 aliphatic heterocycles. The molecule has 0 fully saturated rings. The first kappa shape index (κ1) is 6.41. The van der Waals surface area contributed by atoms with Crippen molar-refractivity contribution < 1.29 is 5.11 Å². The molecular weight excluding hydrogens is 138 g/mol. The minimum atomic E-state index is -0.0823. The minimum absolute atomic E-state index is 0.0823. The Labute approximate surface area is 56.9 Å². The fourth-order valence-electron chi connectivity index (χ4n) is 0.433. The van der Waals surface area contributed by atoms with Crippen LogP contribution in [0.5, 0.6) is 6.01 Å². The molecule has 0 aliphatic rings. The molecule has 1 rings (SSSR count). The molecule has 0 unspecified atom stereocenters. The number of hydrogen-bond acceptors (Lipinski definition) is 4. The summed E-state index contributed by atoms with van der Waals surface area (Å²) in [6, 6.07) is -0.0823. The van der Waals surface area contributed by atoms with Gasteiger partial charge < -0.3 is 5.11 Å². The SMILES string of the molecule is [CH2]Sc1nnc(O)n1C. The van der Waals surface area contributed by atoms with Crippen LogP contribution in [0.3, 0.4) is 0 Å². The first-order valence-corrected chi connectivity index (χ1v) is 3.24. The number of nitrogens with zero attached hydrogens (tertiary/aromatic N) is 3. The highest BCUT2D eigenvalue weighted by Gasteiger charge is 2.02. The number of aromatic nitrogens is 3. The maximum Gasteiger partial charge on any atom is 0.314 e. The van der Waals surface area contributed by atoms with Gasteiger partial charge in [-0.1, -0.05) is 16.9 Å². The average Bonchev–Trinajstić information content (AvgIpc) is 2.15. The summed E-state index contributed by atoms with van der Waals surface area (Å²) in [5.74, 6) is 0. The molecule has 4 nitrogen and oxygen atoms in total. The molecule has 0 aliphatic carbocycles. The summed E-state index contributed by atoms with van der Waals surface area (Å²) in [7, 11) is 1.67. The van der Waals surface area contributed by atoms with Gasteiger partial charge in [0.05, 0.1) is 0 Å². The smallest absolute Gasteiger partial charge is 0.314 e. The highest BCUT2D eigenvalue weighted by atomic mass is 32.2. The molecule has 1 aromatic rings. The lowest BCUT2D eigenvalue weighted by Gasteiger charge is -1.92. The summed E-state index contributed by atoms with van der Waals surface area (Å²) in [6.45, 7) is 0. The van der Waals surface area contributed by atoms with Gasteiger partial charge in [-0.15, -0.1) is 5.10 Å². The van der Waals surface area contributed by atoms with E-state index in [0.29, 0.717) is 5.16 Å². The molecule has 0 atom stereocenters. The quantitative estimate of drug-likeness (QED) is 0.580. The molecule has 1 radical (unpaired) electrons. The summed E-state index contributed by atoms with van der Waals surface area (Å²) in [5, 5.41) is 16.4. The zero-order chi connectivity index (χ0) is 6.85. The minimum Gasteiger partial charge on any atom is -0.479 e. The van der Waals surface area contributed by atoms with Crippen LogP contribution in [0.15, 0.2) is 5.16 Å². The molecule has 1 N–H and O–H groups in total. The van der Waals surface area contributed by atoms with Crippen LogP contribution in [0, 0.1) is 6.26 Å². The third-order valence-electron chi connectivity index (χ3n) is 0.941. The zero-order valence-electron chi connectivity index (χ0n) is 4.90. The standard InChI is InChI=1S/C4H6N3OS/c1-7-3(8)5-6-4(7)9-2/h2H2,1H3,(H,5,8). The number of aromatic hydroxyl groups is 1. The van der Waals surface area contributed by atoms with Gasteiger partial charge in [-0.25, -0.2) is 0 Å². The highest BCUT2D eigenvalue weighted by molar-refractivity contribution is 8.00. The molecule has 0 spiro atoms. The monoisotopic (exact) mass is 144 g/mol. The summed E-state index contributed by atoms with van der Waals surface area (Å²) in [4.78, 5) is 0. The van der Waals surface area contributed by atoms with Crippen LogP contribution >= 0.6 is 11.8 Å². The van der Waals surface area contributed by atoms with E-state index < -0.39 is 0 Å². The molecule has 0 aromatic carbocycles. The van der Waals surface area contributed by atoms with Crippen LogP contribution in [-0.2, 0) is 7.05 Å². The molecule has 0 bridgehead atoms. The van der Waals surface area contributed by atoms with E-state index in [0.717, 1.165) is 0 Å². The van der Waals surface area contributed by atoms with E-state index in [-0.39, 0.29) is 6.01 Å². The van der Waals surface area contributed by atoms with Crippen molar-refractivity contribution in [1.29, 1.82) is 0 Å². The van der Waals surface area contributed by atoms with Crippen molar-refractivity contribution in [3.8, 4) is 6.01 Å². The third kappa shape index (κ3) is 0.999. The Kier molecular flexibility index (Phi) is 1.61. The van der Waals surface area contributed by atoms with Gasteiger partial charge in [0.25, 0.3) is 0 Å². The Morgan fingerprint density at radius 1 is 1.67 bits per heavy atom. The fraction of sp³-hybridized carbons (Fsp3) is 0.250. The molecule has 0 saturated carbocycles. The lowest BCUT2D eigenvalue weighted by Crippen LogP contribution is -1.87. The van der Waals surface area contributed by atoms with E-state index >= 15 is 0 Å². The second-order valence-corrected chi connectivity index (χ2v) is 2.14. The van der Waals surface area contributed by atoms with Gasteiger partial charge in [0.15, 0.2) is 5.16 Å². The van der Waals surface area contributed by atoms with Crippen LogP contribution in [0.25, 0.3) is 0 Å². The molecule has 1 aromatic heterocycles. The van der Waals surface area contributed by atoms with E-state index in [4.69, 9.17) is 5.11 Å². The van der Waals surface area contributed by atoms with Gasteiger partial charge in [0, 0.05) is 13.3 Å². The average molecular weight is 144 g/mol. The van der Waals surface area contributed by atoms with Crippen molar-refractivity contribution in [3.63, 3.8) is 0 Å². The fourth-order valence-corrected chi connectivity index (χ4v) is 0.807. The topological polar surface area (TPSA) is 50.9 Å². The van der Waals surface area contributed by atoms with Gasteiger partial charge in [-0.3, -0.25) is 4.57 Å². The molecular formula is C4H6N3OS. The van der Waals surface area contributed by atoms with Crippen LogP contribution < -0.4 is 0 Å². The summed E-state index contributed by atoms with van der Waals surface area (Å²) >= 11 is 1.20. The van der Waals surface area contributed by atoms with Crippen LogP contribution in [0.1, 0.15) is 0 Å². The van der Waals surface area contributed by atoms with Gasteiger partial charge in [0.1, 0.15) is 0 Å². The van der Waals surface area contributed by atoms with Crippen molar-refractivity contribution in [3.05, 3.63) is 6.26 Å². The van der Waals surface area contributed by atoms with E-state index in [9.17, 15) is 0 Å². The lowest BCUT2D eigenvalue weighted by atomic mass is 11.0. The van der Waals surface area contributed by atoms with Gasteiger partial charge in [-0.2, -0.15) is 0 Å². The third-order valence-corrected chi connectivity index (χ3v) is 1.55. The second-order valence-electron chi connectivity index (χ2n) is 1.49. The lowest BCUT2D eigenvalue weighted by molar-refractivity contribution is 0.406. The molecule has 0 amide bonds. The van der Waals surface area contributed by atoms with E-state index in [1.807, 2.05) is 0 Å². The number of rotatable bonds is 1. The molecule has 5 heteroatoms.